The predicted octanol–water partition coefficient (Wildman–Crippen LogP) is 2.32. The Kier molecular flexibility index (Phi) is 5.58. The van der Waals surface area contributed by atoms with Crippen LogP contribution in [0.25, 0.3) is 0 Å². The van der Waals surface area contributed by atoms with Crippen molar-refractivity contribution in [1.29, 1.82) is 0 Å². The van der Waals surface area contributed by atoms with E-state index in [9.17, 15) is 4.79 Å². The number of hydrogen-bond donors (Lipinski definition) is 2. The minimum atomic E-state index is -0.134. The van der Waals surface area contributed by atoms with Gasteiger partial charge in [-0.2, -0.15) is 0 Å². The van der Waals surface area contributed by atoms with Gasteiger partial charge in [-0.15, -0.1) is 0 Å². The molecule has 2 aromatic rings. The first kappa shape index (κ1) is 14.8. The van der Waals surface area contributed by atoms with E-state index >= 15 is 0 Å². The van der Waals surface area contributed by atoms with Crippen molar-refractivity contribution in [2.45, 2.75) is 6.92 Å². The number of rotatable bonds is 7. The summed E-state index contributed by atoms with van der Waals surface area (Å²) in [7, 11) is 0. The number of amides is 1. The molecule has 5 heteroatoms. The van der Waals surface area contributed by atoms with E-state index in [0.717, 1.165) is 18.0 Å². The van der Waals surface area contributed by atoms with Crippen LogP contribution in [0.1, 0.15) is 17.3 Å². The lowest BCUT2D eigenvalue weighted by molar-refractivity contribution is 0.0947. The third-order valence-electron chi connectivity index (χ3n) is 2.83. The van der Waals surface area contributed by atoms with Gasteiger partial charge in [-0.3, -0.25) is 9.78 Å². The number of aromatic nitrogens is 1. The van der Waals surface area contributed by atoms with Gasteiger partial charge in [0, 0.05) is 12.7 Å². The summed E-state index contributed by atoms with van der Waals surface area (Å²) in [6.45, 7) is 3.59. The number of carbonyl (C=O) groups is 1. The standard InChI is InChI=1S/C16H19N3O2/c1-2-18-15-12-17-9-8-14(15)16(20)19-10-11-21-13-6-4-3-5-7-13/h3-9,12,18H,2,10-11H2,1H3,(H,19,20). The number of nitrogens with zero attached hydrogens (tertiary/aromatic N) is 1. The molecule has 0 saturated heterocycles. The van der Waals surface area contributed by atoms with Crippen molar-refractivity contribution < 1.29 is 9.53 Å². The van der Waals surface area contributed by atoms with Gasteiger partial charge in [0.2, 0.25) is 0 Å². The minimum absolute atomic E-state index is 0.134. The van der Waals surface area contributed by atoms with E-state index in [4.69, 9.17) is 4.74 Å². The number of anilines is 1. The van der Waals surface area contributed by atoms with Crippen LogP contribution in [0.4, 0.5) is 5.69 Å². The molecule has 0 aliphatic carbocycles. The zero-order valence-electron chi connectivity index (χ0n) is 12.0. The molecule has 1 heterocycles. The average molecular weight is 285 g/mol. The lowest BCUT2D eigenvalue weighted by Gasteiger charge is -2.11. The minimum Gasteiger partial charge on any atom is -0.492 e. The summed E-state index contributed by atoms with van der Waals surface area (Å²) in [6, 6.07) is 11.2. The maximum atomic E-state index is 12.1. The largest absolute Gasteiger partial charge is 0.492 e. The average Bonchev–Trinajstić information content (AvgIpc) is 2.53. The zero-order valence-corrected chi connectivity index (χ0v) is 12.0. The van der Waals surface area contributed by atoms with Crippen LogP contribution in [0.2, 0.25) is 0 Å². The molecule has 0 unspecified atom stereocenters. The van der Waals surface area contributed by atoms with E-state index in [1.54, 1.807) is 18.5 Å². The van der Waals surface area contributed by atoms with Gasteiger partial charge >= 0.3 is 0 Å². The number of para-hydroxylation sites is 1. The fraction of sp³-hybridized carbons (Fsp3) is 0.250. The smallest absolute Gasteiger partial charge is 0.253 e. The van der Waals surface area contributed by atoms with Gasteiger partial charge < -0.3 is 15.4 Å². The maximum absolute atomic E-state index is 12.1. The van der Waals surface area contributed by atoms with Gasteiger partial charge in [0.1, 0.15) is 12.4 Å². The van der Waals surface area contributed by atoms with Crippen LogP contribution in [-0.4, -0.2) is 30.6 Å². The second-order valence-corrected chi connectivity index (χ2v) is 4.37. The quantitative estimate of drug-likeness (QED) is 0.766. The first-order valence-corrected chi connectivity index (χ1v) is 6.95. The van der Waals surface area contributed by atoms with Crippen LogP contribution in [0.5, 0.6) is 5.75 Å². The Labute approximate surface area is 124 Å². The van der Waals surface area contributed by atoms with Crippen LogP contribution in [0, 0.1) is 0 Å². The van der Waals surface area contributed by atoms with Crippen molar-refractivity contribution in [1.82, 2.24) is 10.3 Å². The molecule has 0 saturated carbocycles. The third-order valence-corrected chi connectivity index (χ3v) is 2.83. The molecule has 2 N–H and O–H groups in total. The van der Waals surface area contributed by atoms with E-state index in [2.05, 4.69) is 15.6 Å². The molecular formula is C16H19N3O2. The molecule has 1 aromatic carbocycles. The highest BCUT2D eigenvalue weighted by Crippen LogP contribution is 2.12. The fourth-order valence-corrected chi connectivity index (χ4v) is 1.87. The van der Waals surface area contributed by atoms with Crippen LogP contribution in [0.15, 0.2) is 48.8 Å². The summed E-state index contributed by atoms with van der Waals surface area (Å²) in [6.07, 6.45) is 3.26. The second kappa shape index (κ2) is 7.89. The van der Waals surface area contributed by atoms with Crippen molar-refractivity contribution in [2.75, 3.05) is 25.0 Å². The Morgan fingerprint density at radius 1 is 1.24 bits per heavy atom. The second-order valence-electron chi connectivity index (χ2n) is 4.37. The lowest BCUT2D eigenvalue weighted by atomic mass is 10.2. The fourth-order valence-electron chi connectivity index (χ4n) is 1.87. The van der Waals surface area contributed by atoms with E-state index in [-0.39, 0.29) is 5.91 Å². The summed E-state index contributed by atoms with van der Waals surface area (Å²) >= 11 is 0. The number of hydrogen-bond acceptors (Lipinski definition) is 4. The highest BCUT2D eigenvalue weighted by Gasteiger charge is 2.10. The van der Waals surface area contributed by atoms with Gasteiger partial charge in [-0.25, -0.2) is 0 Å². The highest BCUT2D eigenvalue weighted by atomic mass is 16.5. The molecule has 0 fully saturated rings. The number of pyridine rings is 1. The Morgan fingerprint density at radius 3 is 2.81 bits per heavy atom. The van der Waals surface area contributed by atoms with Crippen molar-refractivity contribution in [3.05, 3.63) is 54.4 Å². The molecule has 2 rings (SSSR count). The predicted molar refractivity (Wildman–Crippen MR) is 82.7 cm³/mol. The molecule has 1 amide bonds. The summed E-state index contributed by atoms with van der Waals surface area (Å²) in [4.78, 5) is 16.1. The van der Waals surface area contributed by atoms with Gasteiger partial charge in [0.25, 0.3) is 5.91 Å². The molecule has 1 aromatic heterocycles. The van der Waals surface area contributed by atoms with Crippen molar-refractivity contribution in [2.24, 2.45) is 0 Å². The number of nitrogens with one attached hydrogen (secondary N) is 2. The molecular weight excluding hydrogens is 266 g/mol. The monoisotopic (exact) mass is 285 g/mol. The number of benzene rings is 1. The van der Waals surface area contributed by atoms with Crippen LogP contribution in [-0.2, 0) is 0 Å². The maximum Gasteiger partial charge on any atom is 0.253 e. The van der Waals surface area contributed by atoms with Gasteiger partial charge in [0.15, 0.2) is 0 Å². The number of ether oxygens (including phenoxy) is 1. The lowest BCUT2D eigenvalue weighted by Crippen LogP contribution is -2.28. The summed E-state index contributed by atoms with van der Waals surface area (Å²) in [5, 5.41) is 5.96. The van der Waals surface area contributed by atoms with Gasteiger partial charge in [-0.05, 0) is 25.1 Å². The molecule has 0 radical (unpaired) electrons. The SMILES string of the molecule is CCNc1cnccc1C(=O)NCCOc1ccccc1. The topological polar surface area (TPSA) is 63.2 Å². The molecule has 0 spiro atoms. The Bertz CT molecular complexity index is 573. The zero-order chi connectivity index (χ0) is 14.9. The third kappa shape index (κ3) is 4.49. The summed E-state index contributed by atoms with van der Waals surface area (Å²) in [5.41, 5.74) is 1.33. The van der Waals surface area contributed by atoms with Crippen molar-refractivity contribution in [3.63, 3.8) is 0 Å². The van der Waals surface area contributed by atoms with Gasteiger partial charge in [0.05, 0.1) is 24.0 Å². The first-order valence-electron chi connectivity index (χ1n) is 6.95. The van der Waals surface area contributed by atoms with Crippen LogP contribution < -0.4 is 15.4 Å². The Morgan fingerprint density at radius 2 is 2.05 bits per heavy atom. The molecule has 0 aliphatic heterocycles. The van der Waals surface area contributed by atoms with E-state index in [0.29, 0.717) is 18.7 Å². The molecule has 5 nitrogen and oxygen atoms in total. The van der Waals surface area contributed by atoms with Crippen molar-refractivity contribution >= 4 is 11.6 Å². The van der Waals surface area contributed by atoms with Crippen LogP contribution >= 0.6 is 0 Å². The van der Waals surface area contributed by atoms with E-state index in [1.165, 1.54) is 0 Å². The Hall–Kier alpha value is -2.56. The summed E-state index contributed by atoms with van der Waals surface area (Å²) in [5.74, 6) is 0.661. The van der Waals surface area contributed by atoms with Crippen molar-refractivity contribution in [3.8, 4) is 5.75 Å². The first-order chi connectivity index (χ1) is 10.3. The molecule has 21 heavy (non-hydrogen) atoms. The highest BCUT2D eigenvalue weighted by molar-refractivity contribution is 5.99. The molecule has 0 aliphatic rings. The number of carbonyl (C=O) groups excluding carboxylic acids is 1. The van der Waals surface area contributed by atoms with E-state index in [1.807, 2.05) is 37.3 Å². The molecule has 110 valence electrons. The summed E-state index contributed by atoms with van der Waals surface area (Å²) < 4.78 is 5.53. The molecule has 0 bridgehead atoms. The Balaban J connectivity index is 1.82. The van der Waals surface area contributed by atoms with Gasteiger partial charge in [-0.1, -0.05) is 18.2 Å². The molecule has 0 atom stereocenters. The van der Waals surface area contributed by atoms with E-state index < -0.39 is 0 Å². The van der Waals surface area contributed by atoms with Crippen LogP contribution in [0.3, 0.4) is 0 Å². The normalized spacial score (nSPS) is 9.95.